The van der Waals surface area contributed by atoms with E-state index in [-0.39, 0.29) is 11.9 Å². The zero-order valence-electron chi connectivity index (χ0n) is 19.5. The number of hydrogen-bond donors (Lipinski definition) is 5. The summed E-state index contributed by atoms with van der Waals surface area (Å²) in [4.78, 5) is 21.9. The molecule has 0 unspecified atom stereocenters. The van der Waals surface area contributed by atoms with Crippen molar-refractivity contribution >= 4 is 28.9 Å². The van der Waals surface area contributed by atoms with Crippen molar-refractivity contribution in [2.45, 2.75) is 51.3 Å². The molecular weight excluding hydrogens is 428 g/mol. The van der Waals surface area contributed by atoms with Crippen LogP contribution in [-0.4, -0.2) is 33.6 Å². The van der Waals surface area contributed by atoms with E-state index >= 15 is 0 Å². The number of nitrogens with zero attached hydrogens (tertiary/aromatic N) is 2. The number of amides is 1. The zero-order chi connectivity index (χ0) is 23.7. The van der Waals surface area contributed by atoms with Gasteiger partial charge in [0.25, 0.3) is 5.91 Å². The average Bonchev–Trinajstić information content (AvgIpc) is 3.63. The van der Waals surface area contributed by atoms with Crippen LogP contribution in [0.4, 0.5) is 23.0 Å². The summed E-state index contributed by atoms with van der Waals surface area (Å²) in [7, 11) is 0. The van der Waals surface area contributed by atoms with E-state index in [4.69, 9.17) is 0 Å². The number of benzene rings is 1. The maximum absolute atomic E-state index is 12.9. The van der Waals surface area contributed by atoms with Gasteiger partial charge in [-0.3, -0.25) is 4.79 Å². The molecule has 1 fully saturated rings. The van der Waals surface area contributed by atoms with Gasteiger partial charge in [-0.05, 0) is 75.0 Å². The fourth-order valence-electron chi connectivity index (χ4n) is 3.98. The van der Waals surface area contributed by atoms with Gasteiger partial charge in [0, 0.05) is 30.5 Å². The Kier molecular flexibility index (Phi) is 5.93. The van der Waals surface area contributed by atoms with Gasteiger partial charge in [0.05, 0.1) is 16.9 Å². The first-order valence-electron chi connectivity index (χ1n) is 11.7. The van der Waals surface area contributed by atoms with Gasteiger partial charge in [0.2, 0.25) is 0 Å². The number of hydrogen-bond acceptors (Lipinski definition) is 7. The fraction of sp³-hybridized carbons (Fsp3) is 0.346. The highest BCUT2D eigenvalue weighted by atomic mass is 16.3. The highest BCUT2D eigenvalue weighted by Gasteiger charge is 2.25. The smallest absolute Gasteiger partial charge is 0.255 e. The highest BCUT2D eigenvalue weighted by molar-refractivity contribution is 6.00. The maximum Gasteiger partial charge on any atom is 0.255 e. The van der Waals surface area contributed by atoms with Gasteiger partial charge in [0.1, 0.15) is 17.2 Å². The Bertz CT molecular complexity index is 1220. The molecule has 176 valence electrons. The van der Waals surface area contributed by atoms with Crippen molar-refractivity contribution in [1.82, 2.24) is 20.6 Å². The van der Waals surface area contributed by atoms with Crippen molar-refractivity contribution in [1.29, 1.82) is 0 Å². The third-order valence-electron chi connectivity index (χ3n) is 6.07. The third kappa shape index (κ3) is 5.18. The molecule has 5 N–H and O–H groups in total. The second kappa shape index (κ2) is 9.04. The van der Waals surface area contributed by atoms with Crippen LogP contribution in [0.5, 0.6) is 0 Å². The minimum atomic E-state index is -1.07. The van der Waals surface area contributed by atoms with Gasteiger partial charge >= 0.3 is 0 Å². The van der Waals surface area contributed by atoms with E-state index in [2.05, 4.69) is 43.4 Å². The van der Waals surface area contributed by atoms with Gasteiger partial charge in [-0.2, -0.15) is 0 Å². The summed E-state index contributed by atoms with van der Waals surface area (Å²) in [6.45, 7) is 5.25. The molecule has 1 aliphatic heterocycles. The first-order chi connectivity index (χ1) is 16.3. The Morgan fingerprint density at radius 1 is 1.09 bits per heavy atom. The zero-order valence-corrected chi connectivity index (χ0v) is 19.5. The monoisotopic (exact) mass is 458 g/mol. The van der Waals surface area contributed by atoms with Gasteiger partial charge < -0.3 is 26.4 Å². The van der Waals surface area contributed by atoms with Crippen LogP contribution in [0, 0.1) is 0 Å². The molecular formula is C26H30N6O2. The molecule has 2 aliphatic rings. The molecule has 1 aromatic carbocycles. The molecule has 1 aliphatic carbocycles. The summed E-state index contributed by atoms with van der Waals surface area (Å²) in [5.74, 6) is 1.00. The van der Waals surface area contributed by atoms with Crippen molar-refractivity contribution in [2.75, 3.05) is 17.2 Å². The van der Waals surface area contributed by atoms with Crippen molar-refractivity contribution in [3.63, 3.8) is 0 Å². The van der Waals surface area contributed by atoms with E-state index in [0.717, 1.165) is 38.0 Å². The first kappa shape index (κ1) is 22.3. The molecule has 0 bridgehead atoms. The normalized spacial score (nSPS) is 15.4. The lowest BCUT2D eigenvalue weighted by atomic mass is 10.0. The summed E-state index contributed by atoms with van der Waals surface area (Å²) >= 11 is 0. The molecule has 1 amide bonds. The van der Waals surface area contributed by atoms with Crippen LogP contribution in [-0.2, 0) is 18.6 Å². The largest absolute Gasteiger partial charge is 0.384 e. The lowest BCUT2D eigenvalue weighted by Crippen LogP contribution is -2.26. The number of carbonyl (C=O) groups is 1. The molecule has 0 spiro atoms. The van der Waals surface area contributed by atoms with Crippen molar-refractivity contribution in [3.8, 4) is 0 Å². The number of aliphatic hydroxyl groups is 1. The molecule has 34 heavy (non-hydrogen) atoms. The summed E-state index contributed by atoms with van der Waals surface area (Å²) in [5, 5.41) is 23.4. The second-order valence-corrected chi connectivity index (χ2v) is 9.49. The number of rotatable bonds is 7. The molecule has 8 nitrogen and oxygen atoms in total. The van der Waals surface area contributed by atoms with Crippen molar-refractivity contribution < 1.29 is 9.90 Å². The molecule has 8 heteroatoms. The second-order valence-electron chi connectivity index (χ2n) is 9.49. The molecule has 3 heterocycles. The Morgan fingerprint density at radius 3 is 2.74 bits per heavy atom. The number of carbonyl (C=O) groups excluding carboxylic acids is 1. The van der Waals surface area contributed by atoms with Crippen molar-refractivity contribution in [2.24, 2.45) is 0 Å². The van der Waals surface area contributed by atoms with E-state index < -0.39 is 5.60 Å². The van der Waals surface area contributed by atoms with Gasteiger partial charge in [-0.25, -0.2) is 9.97 Å². The lowest BCUT2D eigenvalue weighted by molar-refractivity contribution is 0.0740. The maximum atomic E-state index is 12.9. The van der Waals surface area contributed by atoms with Crippen LogP contribution < -0.4 is 21.3 Å². The molecule has 2 aromatic heterocycles. The minimum Gasteiger partial charge on any atom is -0.384 e. The quantitative estimate of drug-likeness (QED) is 0.367. The van der Waals surface area contributed by atoms with Crippen LogP contribution in [0.1, 0.15) is 53.9 Å². The average molecular weight is 459 g/mol. The molecule has 0 saturated heterocycles. The topological polar surface area (TPSA) is 111 Å². The molecule has 1 saturated carbocycles. The highest BCUT2D eigenvalue weighted by Crippen LogP contribution is 2.28. The predicted octanol–water partition coefficient (Wildman–Crippen LogP) is 3.73. The Morgan fingerprint density at radius 2 is 1.94 bits per heavy atom. The summed E-state index contributed by atoms with van der Waals surface area (Å²) in [5.41, 5.74) is 4.11. The van der Waals surface area contributed by atoms with Crippen LogP contribution in [0.25, 0.3) is 0 Å². The minimum absolute atomic E-state index is 0.163. The molecule has 5 rings (SSSR count). The van der Waals surface area contributed by atoms with Gasteiger partial charge in [0.15, 0.2) is 0 Å². The Labute approximate surface area is 199 Å². The SMILES string of the molecule is CC(C)(O)c1cccc(Nc2cc(Nc3ccc4c(c3)CCNC4)ncc2C(=O)NC2CC2)n1. The number of anilines is 4. The number of fused-ring (bicyclic) bond motifs is 1. The van der Waals surface area contributed by atoms with Crippen LogP contribution in [0.2, 0.25) is 0 Å². The van der Waals surface area contributed by atoms with E-state index in [1.165, 1.54) is 11.1 Å². The van der Waals surface area contributed by atoms with Gasteiger partial charge in [-0.15, -0.1) is 0 Å². The first-order valence-corrected chi connectivity index (χ1v) is 11.7. The third-order valence-corrected chi connectivity index (χ3v) is 6.07. The molecule has 3 aromatic rings. The Hall–Kier alpha value is -3.49. The number of aromatic nitrogens is 2. The van der Waals surface area contributed by atoms with E-state index in [1.807, 2.05) is 24.3 Å². The molecule has 0 radical (unpaired) electrons. The van der Waals surface area contributed by atoms with Crippen LogP contribution in [0.3, 0.4) is 0 Å². The summed E-state index contributed by atoms with van der Waals surface area (Å²) < 4.78 is 0. The van der Waals surface area contributed by atoms with Crippen LogP contribution in [0.15, 0.2) is 48.7 Å². The number of pyridine rings is 2. The summed E-state index contributed by atoms with van der Waals surface area (Å²) in [6, 6.07) is 13.8. The predicted molar refractivity (Wildman–Crippen MR) is 133 cm³/mol. The summed E-state index contributed by atoms with van der Waals surface area (Å²) in [6.07, 6.45) is 4.59. The van der Waals surface area contributed by atoms with E-state index in [1.54, 1.807) is 26.1 Å². The fourth-order valence-corrected chi connectivity index (χ4v) is 3.98. The number of nitrogens with one attached hydrogen (secondary N) is 4. The van der Waals surface area contributed by atoms with E-state index in [0.29, 0.717) is 28.6 Å². The standard InChI is InChI=1S/C26H30N6O2/c1-26(2,34)22-4-3-5-23(32-22)31-21-13-24(28-15-20(21)25(33)30-18-8-9-18)29-19-7-6-17-14-27-11-10-16(17)12-19/h3-7,12-13,15,18,27,34H,8-11,14H2,1-2H3,(H,30,33)(H2,28,29,31,32). The van der Waals surface area contributed by atoms with E-state index in [9.17, 15) is 9.90 Å². The Balaban J connectivity index is 1.44. The molecule has 0 atom stereocenters. The van der Waals surface area contributed by atoms with Crippen molar-refractivity contribution in [3.05, 3.63) is 71.0 Å². The van der Waals surface area contributed by atoms with Gasteiger partial charge in [-0.1, -0.05) is 12.1 Å². The van der Waals surface area contributed by atoms with Crippen LogP contribution >= 0.6 is 0 Å². The lowest BCUT2D eigenvalue weighted by Gasteiger charge is -2.19.